The molecule has 0 radical (unpaired) electrons. The van der Waals surface area contributed by atoms with Crippen molar-refractivity contribution in [1.82, 2.24) is 9.21 Å². The molecule has 0 rings (SSSR count). The van der Waals surface area contributed by atoms with E-state index in [4.69, 9.17) is 11.6 Å². The predicted molar refractivity (Wildman–Crippen MR) is 69.5 cm³/mol. The third-order valence-corrected chi connectivity index (χ3v) is 4.73. The van der Waals surface area contributed by atoms with Crippen molar-refractivity contribution in [1.29, 1.82) is 0 Å². The van der Waals surface area contributed by atoms with E-state index in [2.05, 4.69) is 0 Å². The van der Waals surface area contributed by atoms with Crippen LogP contribution in [-0.2, 0) is 10.0 Å². The summed E-state index contributed by atoms with van der Waals surface area (Å²) < 4.78 is 25.5. The molecule has 0 aliphatic carbocycles. The van der Waals surface area contributed by atoms with Crippen LogP contribution < -0.4 is 0 Å². The van der Waals surface area contributed by atoms with E-state index in [-0.39, 0.29) is 11.8 Å². The second-order valence-corrected chi connectivity index (χ2v) is 6.59. The van der Waals surface area contributed by atoms with Gasteiger partial charge in [-0.2, -0.15) is 4.31 Å². The Balaban J connectivity index is 4.57. The highest BCUT2D eigenvalue weighted by Crippen LogP contribution is 2.09. The highest BCUT2D eigenvalue weighted by atomic mass is 35.5. The van der Waals surface area contributed by atoms with Crippen molar-refractivity contribution < 1.29 is 8.42 Å². The third-order valence-electron chi connectivity index (χ3n) is 2.33. The fraction of sp³-hybridized carbons (Fsp3) is 1.00. The van der Waals surface area contributed by atoms with Gasteiger partial charge in [0.05, 0.1) is 5.75 Å². The molecule has 0 saturated carbocycles. The summed E-state index contributed by atoms with van der Waals surface area (Å²) in [7, 11) is 0.723. The number of nitrogens with zero attached hydrogens (tertiary/aromatic N) is 2. The first-order valence-corrected chi connectivity index (χ1v) is 7.69. The van der Waals surface area contributed by atoms with Gasteiger partial charge in [-0.1, -0.05) is 6.92 Å². The quantitative estimate of drug-likeness (QED) is 0.623. The summed E-state index contributed by atoms with van der Waals surface area (Å²) in [4.78, 5) is 1.99. The molecule has 0 aromatic carbocycles. The molecule has 4 nitrogen and oxygen atoms in total. The molecule has 0 heterocycles. The Kier molecular flexibility index (Phi) is 7.55. The van der Waals surface area contributed by atoms with Crippen LogP contribution in [0.15, 0.2) is 0 Å². The Morgan fingerprint density at radius 3 is 2.25 bits per heavy atom. The van der Waals surface area contributed by atoms with E-state index in [1.165, 1.54) is 0 Å². The molecule has 98 valence electrons. The molecule has 0 amide bonds. The van der Waals surface area contributed by atoms with Crippen molar-refractivity contribution >= 4 is 21.6 Å². The molecule has 1 atom stereocenters. The lowest BCUT2D eigenvalue weighted by atomic mass is 10.3. The first-order chi connectivity index (χ1) is 7.35. The van der Waals surface area contributed by atoms with Crippen LogP contribution in [0.5, 0.6) is 0 Å². The minimum absolute atomic E-state index is 0.000301. The third kappa shape index (κ3) is 5.48. The van der Waals surface area contributed by atoms with Gasteiger partial charge in [0.25, 0.3) is 0 Å². The normalized spacial score (nSPS) is 14.7. The summed E-state index contributed by atoms with van der Waals surface area (Å²) in [5.41, 5.74) is 0. The smallest absolute Gasteiger partial charge is 0.214 e. The van der Waals surface area contributed by atoms with Crippen LogP contribution in [0, 0.1) is 0 Å². The van der Waals surface area contributed by atoms with Crippen LogP contribution in [0.1, 0.15) is 20.3 Å². The maximum absolute atomic E-state index is 12.0. The van der Waals surface area contributed by atoms with Crippen LogP contribution in [0.25, 0.3) is 0 Å². The topological polar surface area (TPSA) is 40.6 Å². The minimum atomic E-state index is -3.16. The summed E-state index contributed by atoms with van der Waals surface area (Å²) in [6.07, 6.45) is 0.509. The van der Waals surface area contributed by atoms with Crippen LogP contribution >= 0.6 is 11.6 Å². The second-order valence-electron chi connectivity index (χ2n) is 4.17. The molecule has 0 fully saturated rings. The van der Waals surface area contributed by atoms with Crippen molar-refractivity contribution in [2.45, 2.75) is 26.3 Å². The summed E-state index contributed by atoms with van der Waals surface area (Å²) in [5.74, 6) is 0.529. The largest absolute Gasteiger partial charge is 0.308 e. The lowest BCUT2D eigenvalue weighted by Crippen LogP contribution is -2.44. The Hall–Kier alpha value is 0.160. The molecule has 0 aromatic heterocycles. The second kappa shape index (κ2) is 7.48. The Morgan fingerprint density at radius 2 is 1.88 bits per heavy atom. The first kappa shape index (κ1) is 16.2. The molecule has 0 aromatic rings. The number of hydrogen-bond acceptors (Lipinski definition) is 3. The molecule has 0 spiro atoms. The van der Waals surface area contributed by atoms with Gasteiger partial charge in [0, 0.05) is 25.0 Å². The molecule has 0 N–H and O–H groups in total. The summed E-state index contributed by atoms with van der Waals surface area (Å²) >= 11 is 5.53. The van der Waals surface area contributed by atoms with Gasteiger partial charge in [-0.15, -0.1) is 11.6 Å². The summed E-state index contributed by atoms with van der Waals surface area (Å²) in [5, 5.41) is 0. The number of hydrogen-bond donors (Lipinski definition) is 0. The monoisotopic (exact) mass is 270 g/mol. The van der Waals surface area contributed by atoms with Crippen LogP contribution in [0.2, 0.25) is 0 Å². The number of alkyl halides is 1. The van der Waals surface area contributed by atoms with E-state index in [1.807, 2.05) is 32.8 Å². The van der Waals surface area contributed by atoms with Gasteiger partial charge in [-0.3, -0.25) is 0 Å². The van der Waals surface area contributed by atoms with Gasteiger partial charge in [0.2, 0.25) is 10.0 Å². The fourth-order valence-electron chi connectivity index (χ4n) is 1.76. The molecule has 0 aliphatic heterocycles. The highest BCUT2D eigenvalue weighted by Gasteiger charge is 2.25. The molecule has 0 saturated heterocycles. The zero-order chi connectivity index (χ0) is 12.8. The molecule has 16 heavy (non-hydrogen) atoms. The van der Waals surface area contributed by atoms with Crippen molar-refractivity contribution in [2.75, 3.05) is 38.8 Å². The van der Waals surface area contributed by atoms with E-state index in [1.54, 1.807) is 4.31 Å². The van der Waals surface area contributed by atoms with Gasteiger partial charge in [-0.25, -0.2) is 8.42 Å². The van der Waals surface area contributed by atoms with Crippen molar-refractivity contribution in [3.8, 4) is 0 Å². The number of likely N-dealkylation sites (N-methyl/N-ethyl adjacent to an activating group) is 2. The standard InChI is InChI=1S/C10H23ClN2O2S/c1-5-13(10(2)9-12(3)4)16(14,15)8-6-7-11/h10H,5-9H2,1-4H3. The SMILES string of the molecule is CCN(C(C)CN(C)C)S(=O)(=O)CCCCl. The van der Waals surface area contributed by atoms with Gasteiger partial charge in [0.15, 0.2) is 0 Å². The lowest BCUT2D eigenvalue weighted by molar-refractivity contribution is 0.271. The molecular weight excluding hydrogens is 248 g/mol. The maximum atomic E-state index is 12.0. The Morgan fingerprint density at radius 1 is 1.31 bits per heavy atom. The highest BCUT2D eigenvalue weighted by molar-refractivity contribution is 7.89. The summed E-state index contributed by atoms with van der Waals surface area (Å²) in [6, 6.07) is 0.000301. The predicted octanol–water partition coefficient (Wildman–Crippen LogP) is 1.22. The lowest BCUT2D eigenvalue weighted by Gasteiger charge is -2.29. The molecule has 6 heteroatoms. The molecule has 1 unspecified atom stereocenters. The van der Waals surface area contributed by atoms with Crippen LogP contribution in [0.4, 0.5) is 0 Å². The average molecular weight is 271 g/mol. The zero-order valence-electron chi connectivity index (χ0n) is 10.6. The summed E-state index contributed by atoms with van der Waals surface area (Å²) in [6.45, 7) is 5.04. The van der Waals surface area contributed by atoms with E-state index < -0.39 is 10.0 Å². The van der Waals surface area contributed by atoms with Crippen molar-refractivity contribution in [2.24, 2.45) is 0 Å². The zero-order valence-corrected chi connectivity index (χ0v) is 12.2. The van der Waals surface area contributed by atoms with E-state index in [0.29, 0.717) is 18.8 Å². The maximum Gasteiger partial charge on any atom is 0.214 e. The first-order valence-electron chi connectivity index (χ1n) is 5.55. The van der Waals surface area contributed by atoms with Gasteiger partial charge in [-0.05, 0) is 27.4 Å². The number of sulfonamides is 1. The minimum Gasteiger partial charge on any atom is -0.308 e. The van der Waals surface area contributed by atoms with Crippen LogP contribution in [0.3, 0.4) is 0 Å². The van der Waals surface area contributed by atoms with E-state index >= 15 is 0 Å². The molecule has 0 bridgehead atoms. The Bertz CT molecular complexity index is 281. The number of rotatable bonds is 8. The molecule has 0 aliphatic rings. The Labute approximate surface area is 105 Å². The van der Waals surface area contributed by atoms with E-state index in [0.717, 1.165) is 6.54 Å². The van der Waals surface area contributed by atoms with Gasteiger partial charge >= 0.3 is 0 Å². The number of halogens is 1. The van der Waals surface area contributed by atoms with Crippen molar-refractivity contribution in [3.63, 3.8) is 0 Å². The average Bonchev–Trinajstić information content (AvgIpc) is 2.14. The van der Waals surface area contributed by atoms with E-state index in [9.17, 15) is 8.42 Å². The fourth-order valence-corrected chi connectivity index (χ4v) is 3.80. The van der Waals surface area contributed by atoms with Gasteiger partial charge in [0.1, 0.15) is 0 Å². The van der Waals surface area contributed by atoms with Gasteiger partial charge < -0.3 is 4.90 Å². The molecular formula is C10H23ClN2O2S. The van der Waals surface area contributed by atoms with Crippen molar-refractivity contribution in [3.05, 3.63) is 0 Å². The van der Waals surface area contributed by atoms with Crippen LogP contribution in [-0.4, -0.2) is 62.5 Å².